The largest absolute Gasteiger partial charge is 0.350 e. The summed E-state index contributed by atoms with van der Waals surface area (Å²) in [7, 11) is 0. The van der Waals surface area contributed by atoms with E-state index in [1.165, 1.54) is 6.07 Å². The van der Waals surface area contributed by atoms with Gasteiger partial charge >= 0.3 is 5.69 Å². The van der Waals surface area contributed by atoms with Crippen LogP contribution in [0.4, 0.5) is 11.5 Å². The summed E-state index contributed by atoms with van der Waals surface area (Å²) in [6.45, 7) is 5.09. The second-order valence-electron chi connectivity index (χ2n) is 6.31. The number of aromatic nitrogens is 1. The normalized spacial score (nSPS) is 19.3. The zero-order chi connectivity index (χ0) is 16.9. The molecule has 1 aromatic rings. The standard InChI is InChI=1S/C16H23N5O3/c22-15(19-8-1-2-9-19)13-18-7-4-10-20(12-11-18)16-14(21(23)24)5-3-6-17-16/h3,5-6H,1-2,4,7-13H2. The number of rotatable bonds is 4. The van der Waals surface area contributed by atoms with Gasteiger partial charge in [0.05, 0.1) is 11.5 Å². The zero-order valence-electron chi connectivity index (χ0n) is 13.8. The van der Waals surface area contributed by atoms with E-state index in [4.69, 9.17) is 0 Å². The molecular formula is C16H23N5O3. The van der Waals surface area contributed by atoms with Gasteiger partial charge in [-0.1, -0.05) is 0 Å². The third kappa shape index (κ3) is 3.81. The van der Waals surface area contributed by atoms with E-state index >= 15 is 0 Å². The molecule has 1 aromatic heterocycles. The lowest BCUT2D eigenvalue weighted by Crippen LogP contribution is -2.40. The second kappa shape index (κ2) is 7.57. The fraction of sp³-hybridized carbons (Fsp3) is 0.625. The summed E-state index contributed by atoms with van der Waals surface area (Å²) in [6, 6.07) is 3.07. The average Bonchev–Trinajstić information content (AvgIpc) is 3.03. The molecule has 8 heteroatoms. The molecule has 2 fully saturated rings. The van der Waals surface area contributed by atoms with E-state index in [9.17, 15) is 14.9 Å². The van der Waals surface area contributed by atoms with Crippen molar-refractivity contribution in [3.63, 3.8) is 0 Å². The van der Waals surface area contributed by atoms with Crippen molar-refractivity contribution in [3.05, 3.63) is 28.4 Å². The summed E-state index contributed by atoms with van der Waals surface area (Å²) in [6.07, 6.45) is 4.65. The Morgan fingerprint density at radius 3 is 2.67 bits per heavy atom. The molecule has 130 valence electrons. The minimum Gasteiger partial charge on any atom is -0.350 e. The number of likely N-dealkylation sites (tertiary alicyclic amines) is 1. The van der Waals surface area contributed by atoms with Gasteiger partial charge in [0, 0.05) is 51.5 Å². The van der Waals surface area contributed by atoms with Crippen LogP contribution >= 0.6 is 0 Å². The van der Waals surface area contributed by atoms with Crippen LogP contribution in [0.2, 0.25) is 0 Å². The molecule has 24 heavy (non-hydrogen) atoms. The molecule has 0 unspecified atom stereocenters. The van der Waals surface area contributed by atoms with Gasteiger partial charge in [0.1, 0.15) is 0 Å². The van der Waals surface area contributed by atoms with Crippen molar-refractivity contribution in [1.82, 2.24) is 14.8 Å². The van der Waals surface area contributed by atoms with Crippen LogP contribution in [-0.2, 0) is 4.79 Å². The summed E-state index contributed by atoms with van der Waals surface area (Å²) in [4.78, 5) is 33.3. The minimum atomic E-state index is -0.387. The highest BCUT2D eigenvalue weighted by Crippen LogP contribution is 2.25. The molecule has 0 N–H and O–H groups in total. The van der Waals surface area contributed by atoms with Crippen LogP contribution in [0.1, 0.15) is 19.3 Å². The maximum Gasteiger partial charge on any atom is 0.311 e. The topological polar surface area (TPSA) is 82.8 Å². The number of amides is 1. The summed E-state index contributed by atoms with van der Waals surface area (Å²) in [5.74, 6) is 0.625. The van der Waals surface area contributed by atoms with Gasteiger partial charge in [-0.2, -0.15) is 0 Å². The van der Waals surface area contributed by atoms with Gasteiger partial charge in [-0.15, -0.1) is 0 Å². The van der Waals surface area contributed by atoms with Gasteiger partial charge in [0.2, 0.25) is 11.7 Å². The number of hydrogen-bond donors (Lipinski definition) is 0. The maximum absolute atomic E-state index is 12.3. The van der Waals surface area contributed by atoms with Gasteiger partial charge in [-0.3, -0.25) is 19.8 Å². The number of carbonyl (C=O) groups is 1. The van der Waals surface area contributed by atoms with E-state index in [0.29, 0.717) is 32.0 Å². The summed E-state index contributed by atoms with van der Waals surface area (Å²) in [5.41, 5.74) is 0.0408. The molecule has 3 heterocycles. The molecule has 0 spiro atoms. The van der Waals surface area contributed by atoms with Crippen LogP contribution in [0, 0.1) is 10.1 Å². The maximum atomic E-state index is 12.3. The number of carbonyl (C=O) groups excluding carboxylic acids is 1. The van der Waals surface area contributed by atoms with Crippen LogP contribution in [0.3, 0.4) is 0 Å². The van der Waals surface area contributed by atoms with Crippen molar-refractivity contribution in [2.45, 2.75) is 19.3 Å². The van der Waals surface area contributed by atoms with Crippen LogP contribution < -0.4 is 4.90 Å². The fourth-order valence-electron chi connectivity index (χ4n) is 3.37. The van der Waals surface area contributed by atoms with Crippen LogP contribution in [0.5, 0.6) is 0 Å². The van der Waals surface area contributed by atoms with Gasteiger partial charge in [-0.05, 0) is 25.3 Å². The first kappa shape index (κ1) is 16.6. The molecule has 2 saturated heterocycles. The Bertz CT molecular complexity index is 603. The Kier molecular flexibility index (Phi) is 5.24. The lowest BCUT2D eigenvalue weighted by atomic mass is 10.3. The Morgan fingerprint density at radius 1 is 1.12 bits per heavy atom. The second-order valence-corrected chi connectivity index (χ2v) is 6.31. The van der Waals surface area contributed by atoms with E-state index in [-0.39, 0.29) is 16.5 Å². The van der Waals surface area contributed by atoms with Gasteiger partial charge in [0.15, 0.2) is 0 Å². The molecule has 1 amide bonds. The molecule has 0 atom stereocenters. The molecule has 8 nitrogen and oxygen atoms in total. The monoisotopic (exact) mass is 333 g/mol. The van der Waals surface area contributed by atoms with Crippen molar-refractivity contribution < 1.29 is 9.72 Å². The van der Waals surface area contributed by atoms with Crippen molar-refractivity contribution in [1.29, 1.82) is 0 Å². The Morgan fingerprint density at radius 2 is 1.92 bits per heavy atom. The van der Waals surface area contributed by atoms with E-state index in [0.717, 1.165) is 38.9 Å². The lowest BCUT2D eigenvalue weighted by Gasteiger charge is -2.24. The molecular weight excluding hydrogens is 310 g/mol. The first-order valence-electron chi connectivity index (χ1n) is 8.49. The van der Waals surface area contributed by atoms with Crippen LogP contribution in [0.25, 0.3) is 0 Å². The number of nitro groups is 1. The highest BCUT2D eigenvalue weighted by atomic mass is 16.6. The first-order valence-corrected chi connectivity index (χ1v) is 8.49. The first-order chi connectivity index (χ1) is 11.6. The molecule has 2 aliphatic rings. The number of anilines is 1. The van der Waals surface area contributed by atoms with E-state index in [1.807, 2.05) is 9.80 Å². The van der Waals surface area contributed by atoms with Crippen molar-refractivity contribution in [2.75, 3.05) is 50.7 Å². The Hall–Kier alpha value is -2.22. The highest BCUT2D eigenvalue weighted by Gasteiger charge is 2.25. The molecule has 0 bridgehead atoms. The molecule has 0 aliphatic carbocycles. The van der Waals surface area contributed by atoms with Gasteiger partial charge in [0.25, 0.3) is 0 Å². The molecule has 0 radical (unpaired) electrons. The third-order valence-electron chi connectivity index (χ3n) is 4.67. The van der Waals surface area contributed by atoms with Crippen LogP contribution in [-0.4, -0.2) is 71.4 Å². The number of pyridine rings is 1. The van der Waals surface area contributed by atoms with Crippen molar-refractivity contribution in [2.24, 2.45) is 0 Å². The third-order valence-corrected chi connectivity index (χ3v) is 4.67. The highest BCUT2D eigenvalue weighted by molar-refractivity contribution is 5.78. The molecule has 2 aliphatic heterocycles. The lowest BCUT2D eigenvalue weighted by molar-refractivity contribution is -0.384. The summed E-state index contributed by atoms with van der Waals surface area (Å²) in [5, 5.41) is 11.2. The minimum absolute atomic E-state index is 0.0408. The summed E-state index contributed by atoms with van der Waals surface area (Å²) < 4.78 is 0. The van der Waals surface area contributed by atoms with Gasteiger partial charge < -0.3 is 9.80 Å². The Labute approximate surface area is 141 Å². The SMILES string of the molecule is O=C(CN1CCCN(c2ncccc2[N+](=O)[O-])CC1)N1CCCC1. The van der Waals surface area contributed by atoms with E-state index in [2.05, 4.69) is 9.88 Å². The molecule has 0 saturated carbocycles. The molecule has 3 rings (SSSR count). The number of nitrogens with zero attached hydrogens (tertiary/aromatic N) is 5. The predicted molar refractivity (Wildman–Crippen MR) is 90.0 cm³/mol. The van der Waals surface area contributed by atoms with Crippen molar-refractivity contribution in [3.8, 4) is 0 Å². The van der Waals surface area contributed by atoms with Crippen molar-refractivity contribution >= 4 is 17.4 Å². The van der Waals surface area contributed by atoms with E-state index < -0.39 is 0 Å². The van der Waals surface area contributed by atoms with Crippen LogP contribution in [0.15, 0.2) is 18.3 Å². The Balaban J connectivity index is 1.61. The average molecular weight is 333 g/mol. The summed E-state index contributed by atoms with van der Waals surface area (Å²) >= 11 is 0. The smallest absolute Gasteiger partial charge is 0.311 e. The van der Waals surface area contributed by atoms with Gasteiger partial charge in [-0.25, -0.2) is 4.98 Å². The number of hydrogen-bond acceptors (Lipinski definition) is 6. The zero-order valence-corrected chi connectivity index (χ0v) is 13.8. The quantitative estimate of drug-likeness (QED) is 0.607. The van der Waals surface area contributed by atoms with E-state index in [1.54, 1.807) is 12.3 Å². The molecule has 0 aromatic carbocycles. The fourth-order valence-corrected chi connectivity index (χ4v) is 3.37. The predicted octanol–water partition coefficient (Wildman–Crippen LogP) is 1.12.